The van der Waals surface area contributed by atoms with Gasteiger partial charge in [-0.05, 0) is 116 Å². The zero-order valence-electron chi connectivity index (χ0n) is 33.8. The molecule has 0 spiro atoms. The molecule has 10 rings (SSSR count). The Bertz CT molecular complexity index is 2950. The van der Waals surface area contributed by atoms with Gasteiger partial charge in [-0.25, -0.2) is 4.90 Å². The number of fused-ring (bicyclic) bond motifs is 5. The van der Waals surface area contributed by atoms with Gasteiger partial charge in [0.1, 0.15) is 23.0 Å². The van der Waals surface area contributed by atoms with Crippen LogP contribution in [0.3, 0.4) is 0 Å². The summed E-state index contributed by atoms with van der Waals surface area (Å²) in [6, 6.07) is 26.6. The Kier molecular flexibility index (Phi) is 9.39. The van der Waals surface area contributed by atoms with Gasteiger partial charge in [0.2, 0.25) is 23.6 Å². The van der Waals surface area contributed by atoms with Crippen molar-refractivity contribution in [3.8, 4) is 22.1 Å². The normalized spacial score (nSPS) is 24.4. The van der Waals surface area contributed by atoms with E-state index in [1.165, 1.54) is 16.0 Å². The second-order valence-electron chi connectivity index (χ2n) is 16.7. The number of para-hydroxylation sites is 1. The molecule has 0 bridgehead atoms. The number of phenols is 1. The summed E-state index contributed by atoms with van der Waals surface area (Å²) in [6.07, 6.45) is -3.25. The van der Waals surface area contributed by atoms with Crippen molar-refractivity contribution in [1.29, 1.82) is 0 Å². The first-order valence-corrected chi connectivity index (χ1v) is 21.4. The van der Waals surface area contributed by atoms with E-state index in [9.17, 15) is 27.9 Å². The Hall–Kier alpha value is -6.45. The highest BCUT2D eigenvalue weighted by Gasteiger charge is 2.68. The molecular formula is C47H37ClF3N5O6S. The molecule has 2 aromatic heterocycles. The van der Waals surface area contributed by atoms with E-state index in [1.807, 2.05) is 49.4 Å². The van der Waals surface area contributed by atoms with Gasteiger partial charge < -0.3 is 15.2 Å². The number of aryl methyl sites for hydroxylation is 2. The zero-order chi connectivity index (χ0) is 44.3. The molecule has 63 heavy (non-hydrogen) atoms. The second-order valence-corrected chi connectivity index (χ2v) is 18.2. The summed E-state index contributed by atoms with van der Waals surface area (Å²) in [6.45, 7) is 3.52. The first-order valence-electron chi connectivity index (χ1n) is 20.2. The van der Waals surface area contributed by atoms with Crippen LogP contribution in [-0.4, -0.2) is 44.9 Å². The monoisotopic (exact) mass is 891 g/mol. The molecule has 0 radical (unpaired) electrons. The standard InChI is InChI=1S/C47H37ClF3N5O6S/c1-23-31-19-24(48)9-18-37(31)63-41(23)35-22-38(54(3)53-35)56-43(59)34-21-32-29(40(46(34,2)45(56)61)33-20-28(14-17-36(33)57)62-47(49,50)51)15-16-30-39(32)44(60)55(42(30)58)27-12-10-26(11-13-27)52-25-7-5-4-6-8-25/h4-15,17-20,22,30,32,34,39-40,52,57H,16,21H2,1-3H3/t30-,32+,34-,39-,40+,46+/m0/s1. The number of carbonyl (C=O) groups is 4. The van der Waals surface area contributed by atoms with Crippen molar-refractivity contribution in [3.05, 3.63) is 125 Å². The van der Waals surface area contributed by atoms with Crippen molar-refractivity contribution in [3.63, 3.8) is 0 Å². The number of hydrogen-bond acceptors (Lipinski definition) is 9. The number of phenolic OH excluding ortho intramolecular Hbond substituents is 1. The zero-order valence-corrected chi connectivity index (χ0v) is 35.4. The van der Waals surface area contributed by atoms with E-state index in [0.717, 1.165) is 59.9 Å². The third kappa shape index (κ3) is 6.42. The third-order valence-corrected chi connectivity index (χ3v) is 14.8. The van der Waals surface area contributed by atoms with Crippen LogP contribution >= 0.6 is 22.9 Å². The average molecular weight is 892 g/mol. The van der Waals surface area contributed by atoms with Crippen LogP contribution in [0.1, 0.15) is 36.8 Å². The smallest absolute Gasteiger partial charge is 0.508 e. The van der Waals surface area contributed by atoms with E-state index in [2.05, 4.69) is 10.1 Å². The molecule has 4 heterocycles. The number of allylic oxidation sites excluding steroid dienone is 2. The van der Waals surface area contributed by atoms with E-state index in [4.69, 9.17) is 16.7 Å². The largest absolute Gasteiger partial charge is 0.573 e. The maximum absolute atomic E-state index is 15.2. The van der Waals surface area contributed by atoms with Crippen LogP contribution in [0.5, 0.6) is 11.5 Å². The highest BCUT2D eigenvalue weighted by molar-refractivity contribution is 7.22. The number of nitrogens with zero attached hydrogens (tertiary/aromatic N) is 4. The molecule has 4 amide bonds. The van der Waals surface area contributed by atoms with E-state index in [-0.39, 0.29) is 24.2 Å². The Balaban J connectivity index is 1.05. The van der Waals surface area contributed by atoms with Crippen LogP contribution in [0.15, 0.2) is 109 Å². The summed E-state index contributed by atoms with van der Waals surface area (Å²) in [5.74, 6) is -7.98. The predicted molar refractivity (Wildman–Crippen MR) is 232 cm³/mol. The van der Waals surface area contributed by atoms with Gasteiger partial charge in [-0.2, -0.15) is 5.10 Å². The lowest BCUT2D eigenvalue weighted by Gasteiger charge is -2.49. The fourth-order valence-electron chi connectivity index (χ4n) is 10.4. The lowest BCUT2D eigenvalue weighted by atomic mass is 9.51. The molecule has 0 unspecified atom stereocenters. The third-order valence-electron chi connectivity index (χ3n) is 13.2. The summed E-state index contributed by atoms with van der Waals surface area (Å²) in [7, 11) is 1.61. The van der Waals surface area contributed by atoms with E-state index >= 15 is 9.59 Å². The molecule has 2 saturated heterocycles. The Labute approximate surface area is 367 Å². The van der Waals surface area contributed by atoms with Crippen molar-refractivity contribution in [2.45, 2.75) is 39.0 Å². The minimum atomic E-state index is -5.07. The maximum atomic E-state index is 15.2. The summed E-state index contributed by atoms with van der Waals surface area (Å²) < 4.78 is 47.6. The Morgan fingerprint density at radius 2 is 1.62 bits per heavy atom. The minimum absolute atomic E-state index is 0.0196. The molecule has 2 aliphatic carbocycles. The predicted octanol–water partition coefficient (Wildman–Crippen LogP) is 10.0. The van der Waals surface area contributed by atoms with Crippen LogP contribution in [0.25, 0.3) is 20.7 Å². The first-order chi connectivity index (χ1) is 30.0. The van der Waals surface area contributed by atoms with Gasteiger partial charge in [0.15, 0.2) is 0 Å². The quantitative estimate of drug-likeness (QED) is 0.120. The van der Waals surface area contributed by atoms with Gasteiger partial charge in [0.05, 0.1) is 33.7 Å². The minimum Gasteiger partial charge on any atom is -0.508 e. The van der Waals surface area contributed by atoms with Gasteiger partial charge in [-0.3, -0.25) is 28.8 Å². The molecule has 6 aromatic rings. The number of aromatic nitrogens is 2. The number of rotatable bonds is 7. The molecule has 4 aliphatic rings. The number of nitrogens with one attached hydrogen (secondary N) is 1. The highest BCUT2D eigenvalue weighted by Crippen LogP contribution is 2.65. The summed E-state index contributed by atoms with van der Waals surface area (Å²) in [5, 5.41) is 21.0. The molecule has 3 fully saturated rings. The SMILES string of the molecule is Cc1c(-c2cc(N3C(=O)[C@@H]4C[C@@H]5C(=CC[C@@H]6C(=O)N(c7ccc(Nc8ccccc8)cc7)C(=O)[C@@H]65)[C@H](c5cc(OC(F)(F)F)ccc5O)[C@]4(C)C3=O)n(C)n2)sc2ccc(Cl)cc12. The van der Waals surface area contributed by atoms with Gasteiger partial charge in [-0.1, -0.05) is 41.4 Å². The van der Waals surface area contributed by atoms with Crippen LogP contribution in [0.2, 0.25) is 5.02 Å². The Morgan fingerprint density at radius 3 is 2.35 bits per heavy atom. The first kappa shape index (κ1) is 40.6. The lowest BCUT2D eigenvalue weighted by Crippen LogP contribution is -2.49. The topological polar surface area (TPSA) is 134 Å². The lowest BCUT2D eigenvalue weighted by molar-refractivity contribution is -0.274. The molecule has 2 N–H and O–H groups in total. The van der Waals surface area contributed by atoms with Gasteiger partial charge in [0, 0.05) is 45.7 Å². The number of halogens is 4. The van der Waals surface area contributed by atoms with Crippen molar-refractivity contribution < 1.29 is 42.2 Å². The van der Waals surface area contributed by atoms with Gasteiger partial charge in [0.25, 0.3) is 0 Å². The summed E-state index contributed by atoms with van der Waals surface area (Å²) >= 11 is 7.79. The molecule has 16 heteroatoms. The number of thiophene rings is 1. The second kappa shape index (κ2) is 14.6. The number of anilines is 4. The summed E-state index contributed by atoms with van der Waals surface area (Å²) in [4.78, 5) is 62.2. The molecule has 1 saturated carbocycles. The van der Waals surface area contributed by atoms with Crippen LogP contribution < -0.4 is 19.9 Å². The fourth-order valence-corrected chi connectivity index (χ4v) is 11.7. The number of benzene rings is 4. The number of ether oxygens (including phenoxy) is 1. The van der Waals surface area contributed by atoms with Crippen molar-refractivity contribution in [2.75, 3.05) is 15.1 Å². The van der Waals surface area contributed by atoms with Gasteiger partial charge in [-0.15, -0.1) is 24.5 Å². The number of imide groups is 2. The highest BCUT2D eigenvalue weighted by atomic mass is 35.5. The molecule has 11 nitrogen and oxygen atoms in total. The average Bonchev–Trinajstić information content (AvgIpc) is 3.92. The number of alkyl halides is 3. The van der Waals surface area contributed by atoms with E-state index < -0.39 is 76.5 Å². The molecule has 2 aliphatic heterocycles. The molecule has 4 aromatic carbocycles. The maximum Gasteiger partial charge on any atom is 0.573 e. The number of amides is 4. The number of hydrogen-bond donors (Lipinski definition) is 2. The molecular weight excluding hydrogens is 855 g/mol. The van der Waals surface area contributed by atoms with E-state index in [1.54, 1.807) is 56.4 Å². The number of carbonyl (C=O) groups excluding carboxylic acids is 4. The summed E-state index contributed by atoms with van der Waals surface area (Å²) in [5.41, 5.74) is 2.07. The molecule has 320 valence electrons. The van der Waals surface area contributed by atoms with Crippen molar-refractivity contribution in [2.24, 2.45) is 36.1 Å². The van der Waals surface area contributed by atoms with Crippen LogP contribution in [0, 0.1) is 36.0 Å². The van der Waals surface area contributed by atoms with Crippen LogP contribution in [-0.2, 0) is 26.2 Å². The fraction of sp³-hybridized carbons (Fsp3) is 0.255. The van der Waals surface area contributed by atoms with Crippen molar-refractivity contribution >= 4 is 79.5 Å². The van der Waals surface area contributed by atoms with E-state index in [0.29, 0.717) is 22.0 Å². The molecule has 6 atom stereocenters. The number of aromatic hydroxyl groups is 1. The van der Waals surface area contributed by atoms with Crippen LogP contribution in [0.4, 0.5) is 36.1 Å². The Morgan fingerprint density at radius 1 is 0.889 bits per heavy atom. The van der Waals surface area contributed by atoms with Crippen molar-refractivity contribution in [1.82, 2.24) is 9.78 Å². The van der Waals surface area contributed by atoms with Gasteiger partial charge >= 0.3 is 6.36 Å².